The van der Waals surface area contributed by atoms with E-state index in [1.54, 1.807) is 12.2 Å². The van der Waals surface area contributed by atoms with Crippen molar-refractivity contribution >= 4 is 21.7 Å². The third kappa shape index (κ3) is 2.17. The number of ether oxygens (including phenoxy) is 4. The number of allylic oxidation sites excluding steroid dienone is 4. The van der Waals surface area contributed by atoms with Crippen molar-refractivity contribution in [3.63, 3.8) is 0 Å². The molecular weight excluding hydrogens is 483 g/mol. The molecule has 4 aliphatic carbocycles. The van der Waals surface area contributed by atoms with Crippen LogP contribution in [0.25, 0.3) is 0 Å². The Bertz CT molecular complexity index is 926. The number of carbonyl (C=O) groups is 1. The van der Waals surface area contributed by atoms with Crippen LogP contribution in [-0.2, 0) is 23.7 Å². The highest BCUT2D eigenvalue weighted by atomic mass is 79.9. The van der Waals surface area contributed by atoms with Crippen molar-refractivity contribution in [2.24, 2.45) is 28.6 Å². The number of aliphatic hydroxyl groups excluding tert-OH is 1. The summed E-state index contributed by atoms with van der Waals surface area (Å²) in [6.45, 7) is 6.54. The molecule has 1 unspecified atom stereocenters. The molecule has 3 saturated carbocycles. The Morgan fingerprint density at radius 1 is 1.16 bits per heavy atom. The zero-order valence-corrected chi connectivity index (χ0v) is 20.2. The quantitative estimate of drug-likeness (QED) is 0.501. The summed E-state index contributed by atoms with van der Waals surface area (Å²) in [6.07, 6.45) is 4.90. The van der Waals surface area contributed by atoms with E-state index in [9.17, 15) is 9.90 Å². The second-order valence-electron chi connectivity index (χ2n) is 11.0. The van der Waals surface area contributed by atoms with E-state index in [4.69, 9.17) is 18.9 Å². The summed E-state index contributed by atoms with van der Waals surface area (Å²) in [7, 11) is 0. The van der Waals surface area contributed by atoms with Crippen LogP contribution < -0.4 is 0 Å². The van der Waals surface area contributed by atoms with E-state index in [0.29, 0.717) is 6.42 Å². The molecule has 2 aliphatic heterocycles. The molecule has 6 nitrogen and oxygen atoms in total. The third-order valence-electron chi connectivity index (χ3n) is 9.98. The Kier molecular flexibility index (Phi) is 4.45. The van der Waals surface area contributed by atoms with E-state index in [-0.39, 0.29) is 49.1 Å². The first-order chi connectivity index (χ1) is 15.1. The first kappa shape index (κ1) is 21.9. The summed E-state index contributed by atoms with van der Waals surface area (Å²) in [5.41, 5.74) is -3.64. The molecule has 32 heavy (non-hydrogen) atoms. The first-order valence-corrected chi connectivity index (χ1v) is 12.4. The monoisotopic (exact) mass is 512 g/mol. The van der Waals surface area contributed by atoms with Gasteiger partial charge in [0.05, 0.1) is 6.10 Å². The Labute approximate surface area is 195 Å². The highest BCUT2D eigenvalue weighted by Crippen LogP contribution is 2.74. The van der Waals surface area contributed by atoms with Crippen LogP contribution in [0.5, 0.6) is 0 Å². The van der Waals surface area contributed by atoms with Crippen LogP contribution in [0, 0.1) is 28.6 Å². The van der Waals surface area contributed by atoms with Gasteiger partial charge in [-0.3, -0.25) is 4.79 Å². The molecule has 0 aromatic rings. The largest absolute Gasteiger partial charge is 0.390 e. The molecule has 2 heterocycles. The summed E-state index contributed by atoms with van der Waals surface area (Å²) in [6, 6.07) is 0. The zero-order chi connectivity index (χ0) is 22.7. The summed E-state index contributed by atoms with van der Waals surface area (Å²) >= 11 is 3.76. The minimum absolute atomic E-state index is 0.0262. The van der Waals surface area contributed by atoms with E-state index in [0.717, 1.165) is 12.0 Å². The van der Waals surface area contributed by atoms with Crippen molar-refractivity contribution in [1.82, 2.24) is 0 Å². The number of hydrogen-bond acceptors (Lipinski definition) is 6. The van der Waals surface area contributed by atoms with Crippen molar-refractivity contribution < 1.29 is 33.2 Å². The summed E-state index contributed by atoms with van der Waals surface area (Å²) in [4.78, 5) is 12.0. The van der Waals surface area contributed by atoms with Gasteiger partial charge >= 0.3 is 0 Å². The maximum absolute atomic E-state index is 17.4. The molecule has 5 fully saturated rings. The molecule has 0 bridgehead atoms. The van der Waals surface area contributed by atoms with Crippen LogP contribution in [0.3, 0.4) is 0 Å². The fraction of sp³-hybridized carbons (Fsp3) is 0.792. The lowest BCUT2D eigenvalue weighted by Gasteiger charge is -2.64. The van der Waals surface area contributed by atoms with Crippen molar-refractivity contribution in [2.75, 3.05) is 20.2 Å². The van der Waals surface area contributed by atoms with Crippen molar-refractivity contribution in [3.05, 3.63) is 23.8 Å². The Morgan fingerprint density at radius 2 is 1.91 bits per heavy atom. The van der Waals surface area contributed by atoms with Gasteiger partial charge in [-0.2, -0.15) is 0 Å². The van der Waals surface area contributed by atoms with E-state index >= 15 is 4.39 Å². The lowest BCUT2D eigenvalue weighted by Crippen LogP contribution is -2.72. The minimum Gasteiger partial charge on any atom is -0.390 e. The Balaban J connectivity index is 1.50. The van der Waals surface area contributed by atoms with Gasteiger partial charge in [0.25, 0.3) is 0 Å². The summed E-state index contributed by atoms with van der Waals surface area (Å²) in [5, 5.41) is 11.6. The number of hydrogen-bond donors (Lipinski definition) is 1. The topological polar surface area (TPSA) is 74.2 Å². The van der Waals surface area contributed by atoms with Crippen LogP contribution in [0.4, 0.5) is 4.39 Å². The molecule has 0 amide bonds. The molecule has 2 saturated heterocycles. The van der Waals surface area contributed by atoms with Crippen molar-refractivity contribution in [2.45, 2.75) is 68.0 Å². The van der Waals surface area contributed by atoms with Gasteiger partial charge in [-0.05, 0) is 55.7 Å². The predicted molar refractivity (Wildman–Crippen MR) is 115 cm³/mol. The van der Waals surface area contributed by atoms with Crippen LogP contribution in [0.1, 0.15) is 40.0 Å². The van der Waals surface area contributed by atoms with E-state index < -0.39 is 39.9 Å². The standard InChI is InChI=1S/C24H30BrFO6/c1-13-6-15-16-8-18(25)17-7-14(27)4-5-20(17,2)23(16,26)19(28)9-21(15,3)24(13)22(31-12-32-24)10-29-11-30-22/h4-5,7,13,15-16,18-19,28H,6,8-12H2,1-3H3/t13-,15+,16+,18-,19+,20+,21+,22?,23+,24-/m1/s1. The van der Waals surface area contributed by atoms with Crippen LogP contribution in [0.15, 0.2) is 23.8 Å². The Hall–Kier alpha value is -0.640. The minimum atomic E-state index is -1.89. The van der Waals surface area contributed by atoms with Crippen molar-refractivity contribution in [1.29, 1.82) is 0 Å². The van der Waals surface area contributed by atoms with E-state index in [1.807, 2.05) is 6.92 Å². The Morgan fingerprint density at radius 3 is 2.62 bits per heavy atom. The highest BCUT2D eigenvalue weighted by molar-refractivity contribution is 9.09. The number of halogens is 2. The summed E-state index contributed by atoms with van der Waals surface area (Å²) < 4.78 is 41.5. The maximum atomic E-state index is 17.4. The molecule has 10 atom stereocenters. The number of ketones is 1. The highest BCUT2D eigenvalue weighted by Gasteiger charge is 2.81. The molecule has 8 heteroatoms. The van der Waals surface area contributed by atoms with Gasteiger partial charge in [-0.25, -0.2) is 4.39 Å². The smallest absolute Gasteiger partial charge is 0.227 e. The van der Waals surface area contributed by atoms with Gasteiger partial charge in [-0.1, -0.05) is 35.9 Å². The normalized spacial score (nSPS) is 58.8. The average Bonchev–Trinajstić information content (AvgIpc) is 3.42. The fourth-order valence-electron chi connectivity index (χ4n) is 8.73. The molecule has 1 N–H and O–H groups in total. The van der Waals surface area contributed by atoms with Gasteiger partial charge in [-0.15, -0.1) is 0 Å². The number of rotatable bonds is 0. The SMILES string of the molecule is C[C@@H]1C[C@H]2[C@@H]3C[C@@H](Br)C4=CC(=O)C=C[C@]4(C)[C@@]3(F)[C@@H](O)C[C@]2(C)[C@]12OCOC21COCO1. The fourth-order valence-corrected chi connectivity index (χ4v) is 9.74. The number of aliphatic hydroxyl groups is 1. The number of carbonyl (C=O) groups excluding carboxylic acids is 1. The van der Waals surface area contributed by atoms with E-state index in [1.165, 1.54) is 6.08 Å². The zero-order valence-electron chi connectivity index (χ0n) is 18.6. The second-order valence-corrected chi connectivity index (χ2v) is 12.1. The van der Waals surface area contributed by atoms with Gasteiger partial charge in [0, 0.05) is 21.6 Å². The van der Waals surface area contributed by atoms with Crippen LogP contribution >= 0.6 is 15.9 Å². The van der Waals surface area contributed by atoms with Gasteiger partial charge < -0.3 is 24.1 Å². The molecule has 2 spiro atoms. The van der Waals surface area contributed by atoms with Gasteiger partial charge in [0.2, 0.25) is 5.79 Å². The lowest BCUT2D eigenvalue weighted by molar-refractivity contribution is -0.277. The number of fused-ring (bicyclic) bond motifs is 7. The molecular formula is C24H30BrFO6. The lowest BCUT2D eigenvalue weighted by atomic mass is 9.44. The first-order valence-electron chi connectivity index (χ1n) is 11.5. The van der Waals surface area contributed by atoms with Gasteiger partial charge in [0.1, 0.15) is 12.2 Å². The number of alkyl halides is 2. The summed E-state index contributed by atoms with van der Waals surface area (Å²) in [5.74, 6) is -1.63. The van der Waals surface area contributed by atoms with E-state index in [2.05, 4.69) is 29.8 Å². The second kappa shape index (κ2) is 6.52. The third-order valence-corrected chi connectivity index (χ3v) is 10.8. The molecule has 6 rings (SSSR count). The molecule has 0 aromatic heterocycles. The molecule has 0 radical (unpaired) electrons. The molecule has 0 aromatic carbocycles. The average molecular weight is 513 g/mol. The predicted octanol–water partition coefficient (Wildman–Crippen LogP) is 3.42. The van der Waals surface area contributed by atoms with Gasteiger partial charge in [0.15, 0.2) is 25.0 Å². The maximum Gasteiger partial charge on any atom is 0.227 e. The molecule has 176 valence electrons. The molecule has 6 aliphatic rings. The van der Waals surface area contributed by atoms with Crippen LogP contribution in [-0.4, -0.2) is 59.1 Å². The van der Waals surface area contributed by atoms with Crippen molar-refractivity contribution in [3.8, 4) is 0 Å². The van der Waals surface area contributed by atoms with Crippen LogP contribution in [0.2, 0.25) is 0 Å².